The number of piperidine rings is 1. The Hall–Kier alpha value is -2.08. The molecule has 3 heterocycles. The molecule has 0 spiro atoms. The number of rotatable bonds is 5. The number of hydrogen-bond donors (Lipinski definition) is 2. The summed E-state index contributed by atoms with van der Waals surface area (Å²) < 4.78 is 5.39. The van der Waals surface area contributed by atoms with Crippen molar-refractivity contribution in [3.05, 3.63) is 41.6 Å². The molecule has 22 heavy (non-hydrogen) atoms. The van der Waals surface area contributed by atoms with Crippen LogP contribution < -0.4 is 5.32 Å². The molecule has 1 aliphatic heterocycles. The van der Waals surface area contributed by atoms with E-state index in [9.17, 15) is 4.79 Å². The summed E-state index contributed by atoms with van der Waals surface area (Å²) in [6.45, 7) is 5.01. The predicted molar refractivity (Wildman–Crippen MR) is 81.9 cm³/mol. The van der Waals surface area contributed by atoms with Crippen molar-refractivity contribution in [2.45, 2.75) is 32.9 Å². The number of aryl methyl sites for hydroxylation is 1. The van der Waals surface area contributed by atoms with Crippen LogP contribution in [0, 0.1) is 12.8 Å². The number of furan rings is 1. The second-order valence-corrected chi connectivity index (χ2v) is 5.91. The highest BCUT2D eigenvalue weighted by Crippen LogP contribution is 2.19. The van der Waals surface area contributed by atoms with Crippen LogP contribution in [0.1, 0.15) is 30.0 Å². The van der Waals surface area contributed by atoms with Crippen molar-refractivity contribution in [2.75, 3.05) is 13.1 Å². The van der Waals surface area contributed by atoms with E-state index in [0.717, 1.165) is 49.6 Å². The Morgan fingerprint density at radius 1 is 1.59 bits per heavy atom. The summed E-state index contributed by atoms with van der Waals surface area (Å²) in [5.74, 6) is 1.11. The lowest BCUT2D eigenvalue weighted by molar-refractivity contribution is -0.127. The molecule has 1 amide bonds. The van der Waals surface area contributed by atoms with E-state index in [1.807, 2.05) is 25.1 Å². The SMILES string of the molecule is Cc1cc(CNC(=O)[C@H]2CCCN(Cc3ccco3)C2)n[nH]1. The smallest absolute Gasteiger partial charge is 0.224 e. The van der Waals surface area contributed by atoms with Gasteiger partial charge in [0.2, 0.25) is 5.91 Å². The molecule has 0 aliphatic carbocycles. The predicted octanol–water partition coefficient (Wildman–Crippen LogP) is 1.84. The van der Waals surface area contributed by atoms with E-state index in [2.05, 4.69) is 20.4 Å². The zero-order chi connectivity index (χ0) is 15.4. The number of hydrogen-bond acceptors (Lipinski definition) is 4. The van der Waals surface area contributed by atoms with Gasteiger partial charge in [-0.15, -0.1) is 0 Å². The summed E-state index contributed by atoms with van der Waals surface area (Å²) in [5.41, 5.74) is 1.88. The van der Waals surface area contributed by atoms with Gasteiger partial charge in [-0.2, -0.15) is 5.10 Å². The van der Waals surface area contributed by atoms with Gasteiger partial charge in [-0.1, -0.05) is 0 Å². The fourth-order valence-corrected chi connectivity index (χ4v) is 2.92. The number of H-pyrrole nitrogens is 1. The summed E-state index contributed by atoms with van der Waals surface area (Å²) in [4.78, 5) is 14.6. The normalized spacial score (nSPS) is 19.2. The molecule has 0 unspecified atom stereocenters. The zero-order valence-corrected chi connectivity index (χ0v) is 12.8. The first-order valence-corrected chi connectivity index (χ1v) is 7.74. The number of nitrogens with zero attached hydrogens (tertiary/aromatic N) is 2. The van der Waals surface area contributed by atoms with Gasteiger partial charge in [-0.3, -0.25) is 14.8 Å². The first-order chi connectivity index (χ1) is 10.7. The first-order valence-electron chi connectivity index (χ1n) is 7.74. The van der Waals surface area contributed by atoms with E-state index in [4.69, 9.17) is 4.42 Å². The molecule has 1 fully saturated rings. The summed E-state index contributed by atoms with van der Waals surface area (Å²) in [7, 11) is 0. The van der Waals surface area contributed by atoms with Gasteiger partial charge < -0.3 is 9.73 Å². The molecule has 0 radical (unpaired) electrons. The van der Waals surface area contributed by atoms with Crippen molar-refractivity contribution in [3.8, 4) is 0 Å². The summed E-state index contributed by atoms with van der Waals surface area (Å²) in [5, 5.41) is 10.0. The molecule has 1 aliphatic rings. The van der Waals surface area contributed by atoms with Gasteiger partial charge >= 0.3 is 0 Å². The minimum atomic E-state index is 0.0451. The summed E-state index contributed by atoms with van der Waals surface area (Å²) in [6, 6.07) is 5.82. The van der Waals surface area contributed by atoms with Crippen LogP contribution >= 0.6 is 0 Å². The van der Waals surface area contributed by atoms with E-state index >= 15 is 0 Å². The average molecular weight is 302 g/mol. The maximum atomic E-state index is 12.3. The molecule has 6 heteroatoms. The molecule has 2 N–H and O–H groups in total. The van der Waals surface area contributed by atoms with Crippen molar-refractivity contribution < 1.29 is 9.21 Å². The Bertz CT molecular complexity index is 605. The molecule has 0 bridgehead atoms. The topological polar surface area (TPSA) is 74.2 Å². The monoisotopic (exact) mass is 302 g/mol. The third-order valence-corrected chi connectivity index (χ3v) is 4.04. The molecule has 118 valence electrons. The minimum Gasteiger partial charge on any atom is -0.468 e. The van der Waals surface area contributed by atoms with Crippen LogP contribution in [0.15, 0.2) is 28.9 Å². The minimum absolute atomic E-state index is 0.0451. The molecule has 3 rings (SSSR count). The third kappa shape index (κ3) is 3.76. The lowest BCUT2D eigenvalue weighted by Crippen LogP contribution is -2.42. The van der Waals surface area contributed by atoms with Crippen LogP contribution in [0.5, 0.6) is 0 Å². The fourth-order valence-electron chi connectivity index (χ4n) is 2.92. The number of aromatic amines is 1. The number of amides is 1. The summed E-state index contributed by atoms with van der Waals surface area (Å²) >= 11 is 0. The van der Waals surface area contributed by atoms with Crippen molar-refractivity contribution in [1.82, 2.24) is 20.4 Å². The lowest BCUT2D eigenvalue weighted by Gasteiger charge is -2.31. The molecule has 2 aromatic heterocycles. The number of carbonyl (C=O) groups excluding carboxylic acids is 1. The lowest BCUT2D eigenvalue weighted by atomic mass is 9.97. The van der Waals surface area contributed by atoms with Crippen LogP contribution in [-0.4, -0.2) is 34.1 Å². The maximum absolute atomic E-state index is 12.3. The molecular weight excluding hydrogens is 280 g/mol. The highest BCUT2D eigenvalue weighted by molar-refractivity contribution is 5.78. The van der Waals surface area contributed by atoms with Crippen molar-refractivity contribution in [1.29, 1.82) is 0 Å². The molecule has 6 nitrogen and oxygen atoms in total. The van der Waals surface area contributed by atoms with Gasteiger partial charge in [0.25, 0.3) is 0 Å². The van der Waals surface area contributed by atoms with E-state index < -0.39 is 0 Å². The second kappa shape index (κ2) is 6.79. The van der Waals surface area contributed by atoms with Crippen LogP contribution in [0.2, 0.25) is 0 Å². The average Bonchev–Trinajstić information content (AvgIpc) is 3.17. The van der Waals surface area contributed by atoms with Gasteiger partial charge in [0, 0.05) is 12.2 Å². The van der Waals surface area contributed by atoms with Gasteiger partial charge in [-0.25, -0.2) is 0 Å². The second-order valence-electron chi connectivity index (χ2n) is 5.91. The van der Waals surface area contributed by atoms with Crippen molar-refractivity contribution in [3.63, 3.8) is 0 Å². The van der Waals surface area contributed by atoms with Gasteiger partial charge in [0.15, 0.2) is 0 Å². The number of nitrogens with one attached hydrogen (secondary N) is 2. The number of likely N-dealkylation sites (tertiary alicyclic amines) is 1. The Labute approximate surface area is 129 Å². The standard InChI is InChI=1S/C16H22N4O2/c1-12-8-14(19-18-12)9-17-16(21)13-4-2-6-20(10-13)11-15-5-3-7-22-15/h3,5,7-8,13H,2,4,6,9-11H2,1H3,(H,17,21)(H,18,19)/t13-/m0/s1. The molecular formula is C16H22N4O2. The maximum Gasteiger partial charge on any atom is 0.224 e. The quantitative estimate of drug-likeness (QED) is 0.884. The van der Waals surface area contributed by atoms with Crippen molar-refractivity contribution >= 4 is 5.91 Å². The van der Waals surface area contributed by atoms with Gasteiger partial charge in [0.05, 0.1) is 31.0 Å². The number of carbonyl (C=O) groups is 1. The first kappa shape index (κ1) is 14.8. The zero-order valence-electron chi connectivity index (χ0n) is 12.8. The Kier molecular flexibility index (Phi) is 4.58. The Morgan fingerprint density at radius 2 is 2.50 bits per heavy atom. The molecule has 2 aromatic rings. The fraction of sp³-hybridized carbons (Fsp3) is 0.500. The molecule has 0 aromatic carbocycles. The largest absolute Gasteiger partial charge is 0.468 e. The molecule has 0 saturated carbocycles. The summed E-state index contributed by atoms with van der Waals surface area (Å²) in [6.07, 6.45) is 3.68. The van der Waals surface area contributed by atoms with Crippen molar-refractivity contribution in [2.24, 2.45) is 5.92 Å². The highest BCUT2D eigenvalue weighted by Gasteiger charge is 2.26. The Morgan fingerprint density at radius 3 is 3.23 bits per heavy atom. The van der Waals surface area contributed by atoms with Crippen LogP contribution in [0.25, 0.3) is 0 Å². The van der Waals surface area contributed by atoms with Crippen LogP contribution in [0.4, 0.5) is 0 Å². The van der Waals surface area contributed by atoms with Crippen LogP contribution in [0.3, 0.4) is 0 Å². The van der Waals surface area contributed by atoms with Crippen LogP contribution in [-0.2, 0) is 17.9 Å². The van der Waals surface area contributed by atoms with E-state index in [1.165, 1.54) is 0 Å². The van der Waals surface area contributed by atoms with Gasteiger partial charge in [-0.05, 0) is 44.5 Å². The molecule has 1 saturated heterocycles. The van der Waals surface area contributed by atoms with Gasteiger partial charge in [0.1, 0.15) is 5.76 Å². The Balaban J connectivity index is 1.49. The molecule has 1 atom stereocenters. The highest BCUT2D eigenvalue weighted by atomic mass is 16.3. The number of aromatic nitrogens is 2. The third-order valence-electron chi connectivity index (χ3n) is 4.04. The van der Waals surface area contributed by atoms with E-state index in [0.29, 0.717) is 6.54 Å². The van der Waals surface area contributed by atoms with E-state index in [1.54, 1.807) is 6.26 Å². The van der Waals surface area contributed by atoms with E-state index in [-0.39, 0.29) is 11.8 Å².